The molecule has 0 spiro atoms. The van der Waals surface area contributed by atoms with Crippen molar-refractivity contribution >= 4 is 44.3 Å². The van der Waals surface area contributed by atoms with E-state index in [-0.39, 0.29) is 11.9 Å². The summed E-state index contributed by atoms with van der Waals surface area (Å²) in [5.74, 6) is -0.0171. The number of rotatable bonds is 4. The summed E-state index contributed by atoms with van der Waals surface area (Å²) in [6.45, 7) is 0.905. The molecular weight excluding hydrogens is 426 g/mol. The number of amides is 1. The largest absolute Gasteiger partial charge is 0.360 e. The van der Waals surface area contributed by atoms with E-state index in [1.807, 2.05) is 30.3 Å². The second-order valence-corrected chi connectivity index (χ2v) is 8.42. The van der Waals surface area contributed by atoms with Crippen LogP contribution < -0.4 is 10.6 Å². The van der Waals surface area contributed by atoms with Gasteiger partial charge in [-0.2, -0.15) is 0 Å². The fourth-order valence-corrected chi connectivity index (χ4v) is 4.23. The fraction of sp³-hybridized carbons (Fsp3) is 0.286. The zero-order valence-corrected chi connectivity index (χ0v) is 17.1. The minimum atomic E-state index is -0.0171. The molecule has 0 radical (unpaired) electrons. The van der Waals surface area contributed by atoms with Gasteiger partial charge in [-0.25, -0.2) is 0 Å². The number of nitrogens with one attached hydrogen (secondary N) is 3. The van der Waals surface area contributed by atoms with Gasteiger partial charge in [-0.3, -0.25) is 4.79 Å². The van der Waals surface area contributed by atoms with Gasteiger partial charge in [-0.1, -0.05) is 39.7 Å². The molecule has 1 saturated heterocycles. The molecule has 140 valence electrons. The lowest BCUT2D eigenvalue weighted by molar-refractivity contribution is 0.0926. The summed E-state index contributed by atoms with van der Waals surface area (Å²) in [4.78, 5) is 16.0. The number of H-pyrrole nitrogens is 1. The average molecular weight is 447 g/mol. The van der Waals surface area contributed by atoms with Crippen LogP contribution in [0, 0.1) is 0 Å². The highest BCUT2D eigenvalue weighted by Crippen LogP contribution is 2.23. The first-order valence-electron chi connectivity index (χ1n) is 9.14. The van der Waals surface area contributed by atoms with Crippen molar-refractivity contribution in [2.45, 2.75) is 31.3 Å². The van der Waals surface area contributed by atoms with Crippen LogP contribution in [0.4, 0.5) is 0 Å². The van der Waals surface area contributed by atoms with E-state index in [0.717, 1.165) is 46.2 Å². The van der Waals surface area contributed by atoms with E-state index in [1.165, 1.54) is 5.56 Å². The molecule has 0 unspecified atom stereocenters. The van der Waals surface area contributed by atoms with E-state index < -0.39 is 0 Å². The van der Waals surface area contributed by atoms with Gasteiger partial charge in [0.25, 0.3) is 5.91 Å². The first kappa shape index (κ1) is 18.5. The van der Waals surface area contributed by atoms with Crippen molar-refractivity contribution in [2.24, 2.45) is 0 Å². The molecule has 3 N–H and O–H groups in total. The van der Waals surface area contributed by atoms with Crippen molar-refractivity contribution in [1.29, 1.82) is 0 Å². The van der Waals surface area contributed by atoms with Crippen molar-refractivity contribution in [3.63, 3.8) is 0 Å². The minimum Gasteiger partial charge on any atom is -0.360 e. The zero-order chi connectivity index (χ0) is 18.8. The van der Waals surface area contributed by atoms with Crippen molar-refractivity contribution in [1.82, 2.24) is 15.6 Å². The Morgan fingerprint density at radius 2 is 2.04 bits per heavy atom. The van der Waals surface area contributed by atoms with Crippen LogP contribution in [-0.2, 0) is 6.42 Å². The lowest BCUT2D eigenvalue weighted by atomic mass is 9.94. The van der Waals surface area contributed by atoms with Crippen LogP contribution in [0.25, 0.3) is 10.9 Å². The number of hydrogen-bond acceptors (Lipinski definition) is 2. The van der Waals surface area contributed by atoms with Crippen LogP contribution in [0.5, 0.6) is 0 Å². The van der Waals surface area contributed by atoms with Gasteiger partial charge in [0.1, 0.15) is 0 Å². The topological polar surface area (TPSA) is 56.9 Å². The summed E-state index contributed by atoms with van der Waals surface area (Å²) < 4.78 is 0.966. The molecule has 1 fully saturated rings. The average Bonchev–Trinajstić information content (AvgIpc) is 3.07. The number of carbonyl (C=O) groups is 1. The number of piperidine rings is 1. The molecule has 1 aromatic heterocycles. The maximum Gasteiger partial charge on any atom is 0.253 e. The van der Waals surface area contributed by atoms with Crippen molar-refractivity contribution < 1.29 is 4.79 Å². The van der Waals surface area contributed by atoms with Gasteiger partial charge in [-0.15, -0.1) is 0 Å². The standard InChI is InChI=1S/C21H21BrClN3O/c22-14-3-6-20-18(10-14)19(12-25-20)21(27)26-16-7-8-24-17(11-16)9-13-1-4-15(23)5-2-13/h1-6,10,12,16-17,24-25H,7-9,11H2,(H,26,27)/t16-,17+/m0/s1. The predicted molar refractivity (Wildman–Crippen MR) is 113 cm³/mol. The summed E-state index contributed by atoms with van der Waals surface area (Å²) in [5.41, 5.74) is 2.92. The Morgan fingerprint density at radius 1 is 1.22 bits per heavy atom. The highest BCUT2D eigenvalue weighted by molar-refractivity contribution is 9.10. The number of benzene rings is 2. The summed E-state index contributed by atoms with van der Waals surface area (Å²) in [6.07, 6.45) is 4.58. The van der Waals surface area contributed by atoms with Gasteiger partial charge in [0.05, 0.1) is 5.56 Å². The number of fused-ring (bicyclic) bond motifs is 1. The Bertz CT molecular complexity index is 954. The SMILES string of the molecule is O=C(N[C@H]1CCN[C@H](Cc2ccc(Cl)cc2)C1)c1c[nH]c2ccc(Br)cc12. The molecule has 2 heterocycles. The molecule has 3 aromatic rings. The maximum absolute atomic E-state index is 12.8. The van der Waals surface area contributed by atoms with Crippen LogP contribution in [0.2, 0.25) is 5.02 Å². The summed E-state index contributed by atoms with van der Waals surface area (Å²) in [6, 6.07) is 14.4. The van der Waals surface area contributed by atoms with Crippen molar-refractivity contribution in [3.8, 4) is 0 Å². The molecule has 6 heteroatoms. The lowest BCUT2D eigenvalue weighted by Gasteiger charge is -2.31. The van der Waals surface area contributed by atoms with Crippen LogP contribution in [-0.4, -0.2) is 29.5 Å². The number of halogens is 2. The third-order valence-electron chi connectivity index (χ3n) is 5.11. The van der Waals surface area contributed by atoms with E-state index >= 15 is 0 Å². The quantitative estimate of drug-likeness (QED) is 0.545. The Balaban J connectivity index is 1.41. The minimum absolute atomic E-state index is 0.0171. The van der Waals surface area contributed by atoms with Gasteiger partial charge in [0, 0.05) is 38.7 Å². The number of aromatic amines is 1. The zero-order valence-electron chi connectivity index (χ0n) is 14.8. The Kier molecular flexibility index (Phi) is 5.53. The van der Waals surface area contributed by atoms with Crippen molar-refractivity contribution in [3.05, 3.63) is 69.3 Å². The molecule has 2 atom stereocenters. The van der Waals surface area contributed by atoms with Gasteiger partial charge in [-0.05, 0) is 61.7 Å². The molecular formula is C21H21BrClN3O. The fourth-order valence-electron chi connectivity index (χ4n) is 3.74. The molecule has 1 amide bonds. The molecule has 0 bridgehead atoms. The summed E-state index contributed by atoms with van der Waals surface area (Å²) in [7, 11) is 0. The van der Waals surface area contributed by atoms with Gasteiger partial charge < -0.3 is 15.6 Å². The van der Waals surface area contributed by atoms with E-state index in [1.54, 1.807) is 6.20 Å². The third-order valence-corrected chi connectivity index (χ3v) is 5.86. The van der Waals surface area contributed by atoms with Gasteiger partial charge in [0.2, 0.25) is 0 Å². The molecule has 0 saturated carbocycles. The molecule has 4 rings (SSSR count). The van der Waals surface area contributed by atoms with Crippen LogP contribution in [0.1, 0.15) is 28.8 Å². The smallest absolute Gasteiger partial charge is 0.253 e. The first-order valence-corrected chi connectivity index (χ1v) is 10.3. The second-order valence-electron chi connectivity index (χ2n) is 7.07. The number of hydrogen-bond donors (Lipinski definition) is 3. The second kappa shape index (κ2) is 8.05. The molecule has 2 aromatic carbocycles. The van der Waals surface area contributed by atoms with E-state index in [9.17, 15) is 4.79 Å². The van der Waals surface area contributed by atoms with E-state index in [4.69, 9.17) is 11.6 Å². The van der Waals surface area contributed by atoms with E-state index in [2.05, 4.69) is 43.7 Å². The first-order chi connectivity index (χ1) is 13.1. The summed E-state index contributed by atoms with van der Waals surface area (Å²) in [5, 5.41) is 8.48. The maximum atomic E-state index is 12.8. The normalized spacial score (nSPS) is 19.9. The monoisotopic (exact) mass is 445 g/mol. The van der Waals surface area contributed by atoms with Crippen molar-refractivity contribution in [2.75, 3.05) is 6.54 Å². The van der Waals surface area contributed by atoms with Crippen LogP contribution in [0.15, 0.2) is 53.1 Å². The van der Waals surface area contributed by atoms with Gasteiger partial charge in [0.15, 0.2) is 0 Å². The Hall–Kier alpha value is -1.82. The molecule has 4 nitrogen and oxygen atoms in total. The molecule has 0 aliphatic carbocycles. The Morgan fingerprint density at radius 3 is 2.85 bits per heavy atom. The van der Waals surface area contributed by atoms with Crippen LogP contribution >= 0.6 is 27.5 Å². The highest BCUT2D eigenvalue weighted by atomic mass is 79.9. The molecule has 1 aliphatic heterocycles. The Labute approximate surface area is 171 Å². The van der Waals surface area contributed by atoms with Crippen LogP contribution in [0.3, 0.4) is 0 Å². The number of carbonyl (C=O) groups excluding carboxylic acids is 1. The van der Waals surface area contributed by atoms with Gasteiger partial charge >= 0.3 is 0 Å². The van der Waals surface area contributed by atoms with E-state index in [0.29, 0.717) is 11.6 Å². The number of aromatic nitrogens is 1. The lowest BCUT2D eigenvalue weighted by Crippen LogP contribution is -2.48. The highest BCUT2D eigenvalue weighted by Gasteiger charge is 2.24. The predicted octanol–water partition coefficient (Wildman–Crippen LogP) is 4.68. The third kappa shape index (κ3) is 4.37. The summed E-state index contributed by atoms with van der Waals surface area (Å²) >= 11 is 9.45. The molecule has 27 heavy (non-hydrogen) atoms. The molecule has 1 aliphatic rings.